The molecule has 0 radical (unpaired) electrons. The molecule has 1 aromatic carbocycles. The van der Waals surface area contributed by atoms with Crippen LogP contribution in [0.2, 0.25) is 10.0 Å². The number of benzene rings is 1. The Bertz CT molecular complexity index is 500. The SMILES string of the molecule is NC(Cc1ccccc1)c1ncc(Cl)cc1Cl. The molecule has 2 N–H and O–H groups in total. The molecule has 88 valence electrons. The third-order valence-corrected chi connectivity index (χ3v) is 3.00. The molecule has 0 amide bonds. The minimum absolute atomic E-state index is 0.220. The van der Waals surface area contributed by atoms with E-state index in [4.69, 9.17) is 28.9 Å². The highest BCUT2D eigenvalue weighted by molar-refractivity contribution is 6.34. The van der Waals surface area contributed by atoms with Gasteiger partial charge in [0.15, 0.2) is 0 Å². The van der Waals surface area contributed by atoms with E-state index in [1.807, 2.05) is 30.3 Å². The Labute approximate surface area is 110 Å². The van der Waals surface area contributed by atoms with Crippen LogP contribution >= 0.6 is 23.2 Å². The Morgan fingerprint density at radius 1 is 1.18 bits per heavy atom. The van der Waals surface area contributed by atoms with E-state index in [1.165, 1.54) is 0 Å². The fourth-order valence-electron chi connectivity index (χ4n) is 1.66. The average molecular weight is 267 g/mol. The predicted molar refractivity (Wildman–Crippen MR) is 71.3 cm³/mol. The van der Waals surface area contributed by atoms with Crippen molar-refractivity contribution in [1.29, 1.82) is 0 Å². The van der Waals surface area contributed by atoms with E-state index >= 15 is 0 Å². The van der Waals surface area contributed by atoms with Gasteiger partial charge in [0.05, 0.1) is 21.8 Å². The van der Waals surface area contributed by atoms with E-state index in [0.717, 1.165) is 5.56 Å². The van der Waals surface area contributed by atoms with E-state index < -0.39 is 0 Å². The smallest absolute Gasteiger partial charge is 0.0761 e. The monoisotopic (exact) mass is 266 g/mol. The van der Waals surface area contributed by atoms with Crippen molar-refractivity contribution in [2.45, 2.75) is 12.5 Å². The van der Waals surface area contributed by atoms with Crippen LogP contribution in [0.4, 0.5) is 0 Å². The minimum Gasteiger partial charge on any atom is -0.322 e. The van der Waals surface area contributed by atoms with E-state index in [0.29, 0.717) is 22.2 Å². The second kappa shape index (κ2) is 5.50. The van der Waals surface area contributed by atoms with Crippen molar-refractivity contribution in [2.24, 2.45) is 5.73 Å². The lowest BCUT2D eigenvalue weighted by Crippen LogP contribution is -2.15. The topological polar surface area (TPSA) is 38.9 Å². The molecule has 2 aromatic rings. The molecule has 0 spiro atoms. The number of hydrogen-bond donors (Lipinski definition) is 1. The maximum atomic E-state index is 6.09. The molecule has 2 rings (SSSR count). The summed E-state index contributed by atoms with van der Waals surface area (Å²) in [5.74, 6) is 0. The quantitative estimate of drug-likeness (QED) is 0.922. The average Bonchev–Trinajstić information content (AvgIpc) is 2.30. The van der Waals surface area contributed by atoms with Crippen LogP contribution in [0.1, 0.15) is 17.3 Å². The number of nitrogens with zero attached hydrogens (tertiary/aromatic N) is 1. The lowest BCUT2D eigenvalue weighted by atomic mass is 10.0. The molecule has 0 saturated heterocycles. The molecule has 0 aliphatic carbocycles. The van der Waals surface area contributed by atoms with Gasteiger partial charge in [0, 0.05) is 6.20 Å². The Morgan fingerprint density at radius 2 is 1.88 bits per heavy atom. The summed E-state index contributed by atoms with van der Waals surface area (Å²) in [5, 5.41) is 1.03. The van der Waals surface area contributed by atoms with Crippen LogP contribution in [-0.2, 0) is 6.42 Å². The predicted octanol–water partition coefficient (Wildman–Crippen LogP) is 3.63. The number of aromatic nitrogens is 1. The van der Waals surface area contributed by atoms with Gasteiger partial charge >= 0.3 is 0 Å². The molecule has 0 saturated carbocycles. The van der Waals surface area contributed by atoms with Crippen molar-refractivity contribution in [3.63, 3.8) is 0 Å². The van der Waals surface area contributed by atoms with Gasteiger partial charge in [-0.05, 0) is 18.1 Å². The molecule has 2 nitrogen and oxygen atoms in total. The van der Waals surface area contributed by atoms with Crippen LogP contribution in [0.3, 0.4) is 0 Å². The molecule has 0 aliphatic heterocycles. The first kappa shape index (κ1) is 12.4. The van der Waals surface area contributed by atoms with Crippen LogP contribution in [0.15, 0.2) is 42.6 Å². The van der Waals surface area contributed by atoms with Gasteiger partial charge in [0.1, 0.15) is 0 Å². The maximum Gasteiger partial charge on any atom is 0.0761 e. The normalized spacial score (nSPS) is 12.4. The van der Waals surface area contributed by atoms with Gasteiger partial charge in [-0.1, -0.05) is 53.5 Å². The summed E-state index contributed by atoms with van der Waals surface area (Å²) in [6.45, 7) is 0. The van der Waals surface area contributed by atoms with Gasteiger partial charge in [0.2, 0.25) is 0 Å². The van der Waals surface area contributed by atoms with Crippen LogP contribution in [-0.4, -0.2) is 4.98 Å². The first-order valence-electron chi connectivity index (χ1n) is 5.27. The third kappa shape index (κ3) is 3.19. The Hall–Kier alpha value is -1.09. The summed E-state index contributed by atoms with van der Waals surface area (Å²) < 4.78 is 0. The van der Waals surface area contributed by atoms with Gasteiger partial charge in [-0.2, -0.15) is 0 Å². The van der Waals surface area contributed by atoms with Crippen molar-refractivity contribution in [2.75, 3.05) is 0 Å². The van der Waals surface area contributed by atoms with Crippen molar-refractivity contribution in [3.8, 4) is 0 Å². The minimum atomic E-state index is -0.220. The summed E-state index contributed by atoms with van der Waals surface area (Å²) in [5.41, 5.74) is 7.93. The van der Waals surface area contributed by atoms with Gasteiger partial charge in [-0.15, -0.1) is 0 Å². The highest BCUT2D eigenvalue weighted by Crippen LogP contribution is 2.24. The van der Waals surface area contributed by atoms with Crippen molar-refractivity contribution >= 4 is 23.2 Å². The largest absolute Gasteiger partial charge is 0.322 e. The summed E-state index contributed by atoms with van der Waals surface area (Å²) in [6.07, 6.45) is 2.27. The fraction of sp³-hybridized carbons (Fsp3) is 0.154. The molecule has 1 heterocycles. The number of hydrogen-bond acceptors (Lipinski definition) is 2. The van der Waals surface area contributed by atoms with Crippen LogP contribution in [0.25, 0.3) is 0 Å². The number of nitrogens with two attached hydrogens (primary N) is 1. The first-order valence-corrected chi connectivity index (χ1v) is 6.03. The Balaban J connectivity index is 2.17. The van der Waals surface area contributed by atoms with Crippen LogP contribution in [0.5, 0.6) is 0 Å². The van der Waals surface area contributed by atoms with Crippen molar-refractivity contribution < 1.29 is 0 Å². The molecule has 4 heteroatoms. The molecule has 17 heavy (non-hydrogen) atoms. The molecule has 0 fully saturated rings. The summed E-state index contributed by atoms with van der Waals surface area (Å²) in [6, 6.07) is 11.5. The van der Waals surface area contributed by atoms with E-state index in [9.17, 15) is 0 Å². The first-order chi connectivity index (χ1) is 8.16. The number of halogens is 2. The fourth-order valence-corrected chi connectivity index (χ4v) is 2.18. The molecule has 0 bridgehead atoms. The third-order valence-electron chi connectivity index (χ3n) is 2.49. The number of pyridine rings is 1. The molecular formula is C13H12Cl2N2. The molecule has 1 aromatic heterocycles. The second-order valence-corrected chi connectivity index (χ2v) is 4.66. The zero-order chi connectivity index (χ0) is 12.3. The van der Waals surface area contributed by atoms with E-state index in [-0.39, 0.29) is 6.04 Å². The van der Waals surface area contributed by atoms with Gasteiger partial charge in [-0.25, -0.2) is 0 Å². The van der Waals surface area contributed by atoms with Gasteiger partial charge < -0.3 is 5.73 Å². The molecule has 1 atom stereocenters. The molecular weight excluding hydrogens is 255 g/mol. The Morgan fingerprint density at radius 3 is 2.53 bits per heavy atom. The van der Waals surface area contributed by atoms with Gasteiger partial charge in [-0.3, -0.25) is 4.98 Å². The van der Waals surface area contributed by atoms with Crippen molar-refractivity contribution in [1.82, 2.24) is 4.98 Å². The second-order valence-electron chi connectivity index (χ2n) is 3.82. The summed E-state index contributed by atoms with van der Waals surface area (Å²) in [7, 11) is 0. The van der Waals surface area contributed by atoms with Gasteiger partial charge in [0.25, 0.3) is 0 Å². The highest BCUT2D eigenvalue weighted by Gasteiger charge is 2.12. The highest BCUT2D eigenvalue weighted by atomic mass is 35.5. The Kier molecular flexibility index (Phi) is 4.00. The van der Waals surface area contributed by atoms with Crippen molar-refractivity contribution in [3.05, 3.63) is 63.9 Å². The summed E-state index contributed by atoms with van der Waals surface area (Å²) in [4.78, 5) is 4.19. The molecule has 0 aliphatic rings. The van der Waals surface area contributed by atoms with E-state index in [1.54, 1.807) is 12.3 Å². The van der Waals surface area contributed by atoms with Crippen LogP contribution in [0, 0.1) is 0 Å². The molecule has 1 unspecified atom stereocenters. The zero-order valence-electron chi connectivity index (χ0n) is 9.11. The lowest BCUT2D eigenvalue weighted by molar-refractivity contribution is 0.697. The maximum absolute atomic E-state index is 6.09. The number of rotatable bonds is 3. The van der Waals surface area contributed by atoms with Crippen LogP contribution < -0.4 is 5.73 Å². The van der Waals surface area contributed by atoms with E-state index in [2.05, 4.69) is 4.98 Å². The summed E-state index contributed by atoms with van der Waals surface area (Å²) >= 11 is 11.9. The zero-order valence-corrected chi connectivity index (χ0v) is 10.6. The lowest BCUT2D eigenvalue weighted by Gasteiger charge is -2.12. The standard InChI is InChI=1S/C13H12Cl2N2/c14-10-7-11(15)13(17-8-10)12(16)6-9-4-2-1-3-5-9/h1-5,7-8,12H,6,16H2.